The predicted octanol–water partition coefficient (Wildman–Crippen LogP) is 0.313. The molecule has 0 bridgehead atoms. The monoisotopic (exact) mass is 203 g/mol. The molecule has 7 heavy (non-hydrogen) atoms. The van der Waals surface area contributed by atoms with Crippen LogP contribution in [0.25, 0.3) is 0 Å². The van der Waals surface area contributed by atoms with Gasteiger partial charge in [-0.05, 0) is 0 Å². The van der Waals surface area contributed by atoms with Crippen molar-refractivity contribution in [2.24, 2.45) is 0 Å². The molecular weight excluding hydrogens is 202 g/mol. The Balaban J connectivity index is 0.000000360. The molecule has 1 aromatic heterocycles. The molecule has 0 atom stereocenters. The van der Waals surface area contributed by atoms with E-state index in [4.69, 9.17) is 0 Å². The van der Waals surface area contributed by atoms with Crippen LogP contribution in [0.4, 0.5) is 0 Å². The summed E-state index contributed by atoms with van der Waals surface area (Å²) in [6, 6.07) is 0. The normalized spacial score (nSPS) is 7.71. The van der Waals surface area contributed by atoms with Crippen LogP contribution >= 0.6 is 11.3 Å². The predicted molar refractivity (Wildman–Crippen MR) is 21.7 cm³/mol. The summed E-state index contributed by atoms with van der Waals surface area (Å²) in [4.78, 5) is 3.99. The molecule has 0 saturated carbocycles. The third kappa shape index (κ3) is 2.55. The molecule has 0 amide bonds. The van der Waals surface area contributed by atoms with Gasteiger partial charge in [-0.3, -0.25) is 0 Å². The first-order chi connectivity index (χ1) is 2.89. The van der Waals surface area contributed by atoms with Gasteiger partial charge in [0.05, 0.1) is 0 Å². The molecule has 34 valence electrons. The van der Waals surface area contributed by atoms with Crippen LogP contribution in [0.15, 0.2) is 11.6 Å². The Morgan fingerprint density at radius 3 is 2.57 bits per heavy atom. The van der Waals surface area contributed by atoms with Crippen molar-refractivity contribution in [3.8, 4) is 0 Å². The third-order valence-electron chi connectivity index (χ3n) is 0.483. The van der Waals surface area contributed by atoms with E-state index in [0.717, 1.165) is 0 Å². The zero-order valence-corrected chi connectivity index (χ0v) is 8.56. The third-order valence-corrected chi connectivity index (χ3v) is 2.55. The van der Waals surface area contributed by atoms with E-state index in [1.807, 2.05) is 11.6 Å². The van der Waals surface area contributed by atoms with Gasteiger partial charge in [0.1, 0.15) is 0 Å². The first-order valence-corrected chi connectivity index (χ1v) is 3.97. The van der Waals surface area contributed by atoms with E-state index in [1.165, 1.54) is 21.9 Å². The summed E-state index contributed by atoms with van der Waals surface area (Å²) in [6.07, 6.45) is 1.84. The summed E-state index contributed by atoms with van der Waals surface area (Å²) in [6.45, 7) is 0. The van der Waals surface area contributed by atoms with Crippen molar-refractivity contribution in [1.29, 1.82) is 0 Å². The van der Waals surface area contributed by atoms with Crippen molar-refractivity contribution in [2.75, 3.05) is 0 Å². The summed E-state index contributed by atoms with van der Waals surface area (Å²) in [5, 5.41) is 2.00. The fraction of sp³-hybridized carbons (Fsp3) is 0. The topological polar surface area (TPSA) is 12.9 Å². The molecule has 0 fully saturated rings. The van der Waals surface area contributed by atoms with Crippen LogP contribution in [0.3, 0.4) is 0 Å². The molecule has 1 heterocycles. The zero-order valence-electron chi connectivity index (χ0n) is 3.60. The van der Waals surface area contributed by atoms with Crippen LogP contribution in [0.2, 0.25) is 0 Å². The Morgan fingerprint density at radius 1 is 1.71 bits per heavy atom. The van der Waals surface area contributed by atoms with Crippen LogP contribution in [0.1, 0.15) is 0 Å². The van der Waals surface area contributed by atoms with Crippen molar-refractivity contribution in [3.63, 3.8) is 0 Å². The van der Waals surface area contributed by atoms with Gasteiger partial charge in [-0.25, -0.2) is 0 Å². The van der Waals surface area contributed by atoms with Gasteiger partial charge < -0.3 is 0 Å². The number of aromatic nitrogens is 1. The number of hydrogen-bond acceptors (Lipinski definition) is 2. The zero-order chi connectivity index (χ0) is 4.41. The maximum atomic E-state index is 3.99. The van der Waals surface area contributed by atoms with E-state index >= 15 is 0 Å². The average molecular weight is 204 g/mol. The molecular formula is C3H2MnNSZn. The molecule has 4 heteroatoms. The van der Waals surface area contributed by atoms with Gasteiger partial charge in [-0.1, -0.05) is 0 Å². The molecule has 1 aromatic rings. The maximum absolute atomic E-state index is 3.99. The Bertz CT molecular complexity index is 118. The second kappa shape index (κ2) is 3.74. The fourth-order valence-corrected chi connectivity index (χ4v) is 1.48. The molecule has 1 rings (SSSR count). The van der Waals surface area contributed by atoms with E-state index in [2.05, 4.69) is 4.98 Å². The second-order valence-electron chi connectivity index (χ2n) is 0.926. The van der Waals surface area contributed by atoms with Gasteiger partial charge in [0.25, 0.3) is 0 Å². The minimum absolute atomic E-state index is 0. The number of thiazole rings is 1. The summed E-state index contributed by atoms with van der Waals surface area (Å²) in [7, 11) is 0. The Morgan fingerprint density at radius 2 is 2.43 bits per heavy atom. The van der Waals surface area contributed by atoms with E-state index in [9.17, 15) is 0 Å². The van der Waals surface area contributed by atoms with Crippen LogP contribution in [-0.4, -0.2) is 4.98 Å². The van der Waals surface area contributed by atoms with E-state index in [1.54, 1.807) is 11.3 Å². The average Bonchev–Trinajstić information content (AvgIpc) is 1.86. The Labute approximate surface area is 66.7 Å². The summed E-state index contributed by atoms with van der Waals surface area (Å²) < 4.78 is 1.26. The standard InChI is InChI=1S/C3H2NS.Mn.Zn/c1-2-5-3-4-1;;/h1-2H;;. The van der Waals surface area contributed by atoms with Gasteiger partial charge in [0.2, 0.25) is 0 Å². The first kappa shape index (κ1) is 7.77. The molecule has 0 aliphatic rings. The van der Waals surface area contributed by atoms with Gasteiger partial charge in [0, 0.05) is 17.1 Å². The van der Waals surface area contributed by atoms with Gasteiger partial charge >= 0.3 is 49.8 Å². The SMILES string of the molecule is [Mn].[Zn][c]1nccs1. The van der Waals surface area contributed by atoms with E-state index < -0.39 is 0 Å². The Kier molecular flexibility index (Phi) is 4.15. The van der Waals surface area contributed by atoms with Crippen molar-refractivity contribution in [2.45, 2.75) is 0 Å². The summed E-state index contributed by atoms with van der Waals surface area (Å²) in [5.41, 5.74) is 0. The molecule has 0 aromatic carbocycles. The fourth-order valence-electron chi connectivity index (χ4n) is 0.253. The van der Waals surface area contributed by atoms with E-state index in [-0.39, 0.29) is 17.1 Å². The van der Waals surface area contributed by atoms with Crippen LogP contribution in [0, 0.1) is 0 Å². The van der Waals surface area contributed by atoms with Crippen molar-refractivity contribution < 1.29 is 35.4 Å². The van der Waals surface area contributed by atoms with Crippen LogP contribution in [0.5, 0.6) is 0 Å². The van der Waals surface area contributed by atoms with Gasteiger partial charge in [-0.15, -0.1) is 0 Å². The molecule has 0 N–H and O–H groups in total. The number of hydrogen-bond donors (Lipinski definition) is 0. The molecule has 1 radical (unpaired) electrons. The number of rotatable bonds is 0. The summed E-state index contributed by atoms with van der Waals surface area (Å²) >= 11 is 2.91. The van der Waals surface area contributed by atoms with Gasteiger partial charge in [0.15, 0.2) is 0 Å². The molecule has 0 saturated heterocycles. The Hall–Kier alpha value is 0.773. The van der Waals surface area contributed by atoms with Crippen LogP contribution in [-0.2, 0) is 35.4 Å². The minimum atomic E-state index is 0. The number of nitrogens with zero attached hydrogens (tertiary/aromatic N) is 1. The van der Waals surface area contributed by atoms with Crippen molar-refractivity contribution in [3.05, 3.63) is 11.6 Å². The summed E-state index contributed by atoms with van der Waals surface area (Å²) in [5.74, 6) is 0. The second-order valence-corrected chi connectivity index (χ2v) is 4.39. The molecule has 0 spiro atoms. The molecule has 0 aliphatic carbocycles. The quantitative estimate of drug-likeness (QED) is 0.555. The van der Waals surface area contributed by atoms with Crippen molar-refractivity contribution >= 4 is 14.9 Å². The first-order valence-electron chi connectivity index (χ1n) is 1.61. The van der Waals surface area contributed by atoms with Gasteiger partial charge in [-0.2, -0.15) is 0 Å². The van der Waals surface area contributed by atoms with E-state index in [0.29, 0.717) is 0 Å². The molecule has 0 unspecified atom stereocenters. The molecule has 0 aliphatic heterocycles. The molecule has 1 nitrogen and oxygen atoms in total. The van der Waals surface area contributed by atoms with Crippen molar-refractivity contribution in [1.82, 2.24) is 4.98 Å². The van der Waals surface area contributed by atoms with Crippen LogP contribution < -0.4 is 3.60 Å².